The zero-order chi connectivity index (χ0) is 12.4. The van der Waals surface area contributed by atoms with Crippen molar-refractivity contribution in [3.63, 3.8) is 0 Å². The Labute approximate surface area is 97.0 Å². The molecule has 88 valence electrons. The Kier molecular flexibility index (Phi) is 2.82. The lowest BCUT2D eigenvalue weighted by Gasteiger charge is -2.12. The Hall–Kier alpha value is -2.30. The number of cyclic esters (lactones) is 1. The van der Waals surface area contributed by atoms with E-state index in [4.69, 9.17) is 14.9 Å². The van der Waals surface area contributed by atoms with E-state index in [-0.39, 0.29) is 12.2 Å². The molecule has 5 nitrogen and oxygen atoms in total. The van der Waals surface area contributed by atoms with Gasteiger partial charge in [-0.25, -0.2) is 4.79 Å². The maximum Gasteiger partial charge on any atom is 0.331 e. The summed E-state index contributed by atoms with van der Waals surface area (Å²) >= 11 is 0. The summed E-state index contributed by atoms with van der Waals surface area (Å²) in [5, 5.41) is 17.9. The van der Waals surface area contributed by atoms with Crippen LogP contribution in [0, 0.1) is 0 Å². The largest absolute Gasteiger partial charge is 0.508 e. The number of ether oxygens (including phenoxy) is 1. The van der Waals surface area contributed by atoms with E-state index in [0.29, 0.717) is 11.1 Å². The van der Waals surface area contributed by atoms with E-state index in [1.165, 1.54) is 18.2 Å². The van der Waals surface area contributed by atoms with Crippen molar-refractivity contribution in [1.82, 2.24) is 0 Å². The summed E-state index contributed by atoms with van der Waals surface area (Å²) in [4.78, 5) is 21.8. The lowest BCUT2D eigenvalue weighted by molar-refractivity contribution is -0.144. The van der Waals surface area contributed by atoms with Gasteiger partial charge in [0.05, 0.1) is 6.42 Å². The third-order valence-electron chi connectivity index (χ3n) is 2.44. The second-order valence-corrected chi connectivity index (χ2v) is 3.67. The predicted molar refractivity (Wildman–Crippen MR) is 58.2 cm³/mol. The molecule has 1 atom stereocenters. The predicted octanol–water partition coefficient (Wildman–Crippen LogP) is 1.18. The lowest BCUT2D eigenvalue weighted by atomic mass is 9.99. The van der Waals surface area contributed by atoms with Crippen molar-refractivity contribution >= 4 is 17.5 Å². The molecule has 17 heavy (non-hydrogen) atoms. The van der Waals surface area contributed by atoms with E-state index >= 15 is 0 Å². The third kappa shape index (κ3) is 2.44. The molecule has 0 radical (unpaired) electrons. The number of aliphatic carboxylic acids is 1. The van der Waals surface area contributed by atoms with Crippen LogP contribution in [-0.4, -0.2) is 28.3 Å². The minimum Gasteiger partial charge on any atom is -0.508 e. The van der Waals surface area contributed by atoms with Crippen LogP contribution in [0.1, 0.15) is 12.0 Å². The van der Waals surface area contributed by atoms with Crippen molar-refractivity contribution in [3.05, 3.63) is 35.9 Å². The minimum atomic E-state index is -1.03. The van der Waals surface area contributed by atoms with Gasteiger partial charge in [0.15, 0.2) is 0 Å². The molecule has 0 bridgehead atoms. The molecule has 0 aromatic heterocycles. The number of phenolic OH excluding ortho intramolecular Hbond substituents is 1. The van der Waals surface area contributed by atoms with Crippen LogP contribution in [0.4, 0.5) is 0 Å². The van der Waals surface area contributed by atoms with Gasteiger partial charge in [0.1, 0.15) is 11.9 Å². The monoisotopic (exact) mass is 234 g/mol. The van der Waals surface area contributed by atoms with Gasteiger partial charge in [-0.15, -0.1) is 0 Å². The van der Waals surface area contributed by atoms with E-state index < -0.39 is 18.0 Å². The molecular formula is C12H10O5. The molecule has 0 amide bonds. The van der Waals surface area contributed by atoms with Gasteiger partial charge in [-0.05, 0) is 17.7 Å². The summed E-state index contributed by atoms with van der Waals surface area (Å²) in [6.45, 7) is 0. The van der Waals surface area contributed by atoms with Gasteiger partial charge in [-0.1, -0.05) is 12.1 Å². The average Bonchev–Trinajstić information content (AvgIpc) is 2.59. The molecule has 0 fully saturated rings. The Morgan fingerprint density at radius 3 is 2.53 bits per heavy atom. The van der Waals surface area contributed by atoms with Gasteiger partial charge < -0.3 is 14.9 Å². The highest BCUT2D eigenvalue weighted by atomic mass is 16.5. The number of benzene rings is 1. The van der Waals surface area contributed by atoms with E-state index in [1.54, 1.807) is 12.1 Å². The highest BCUT2D eigenvalue weighted by Gasteiger charge is 2.29. The fraction of sp³-hybridized carbons (Fsp3) is 0.167. The molecule has 5 heteroatoms. The molecular weight excluding hydrogens is 224 g/mol. The molecule has 1 aromatic carbocycles. The van der Waals surface area contributed by atoms with Crippen LogP contribution in [0.3, 0.4) is 0 Å². The summed E-state index contributed by atoms with van der Waals surface area (Å²) in [5.74, 6) is -1.47. The summed E-state index contributed by atoms with van der Waals surface area (Å²) in [7, 11) is 0. The van der Waals surface area contributed by atoms with E-state index in [9.17, 15) is 9.59 Å². The van der Waals surface area contributed by atoms with Gasteiger partial charge in [-0.3, -0.25) is 4.79 Å². The second kappa shape index (κ2) is 4.29. The van der Waals surface area contributed by atoms with Crippen molar-refractivity contribution in [2.24, 2.45) is 0 Å². The SMILES string of the molecule is O=C(O)CC1OC(=O)C=C1c1ccc(O)cc1. The molecule has 1 aliphatic heterocycles. The van der Waals surface area contributed by atoms with Crippen molar-refractivity contribution in [1.29, 1.82) is 0 Å². The first kappa shape index (κ1) is 11.2. The quantitative estimate of drug-likeness (QED) is 0.767. The lowest BCUT2D eigenvalue weighted by Crippen LogP contribution is -2.16. The van der Waals surface area contributed by atoms with E-state index in [1.807, 2.05) is 0 Å². The Morgan fingerprint density at radius 2 is 1.94 bits per heavy atom. The van der Waals surface area contributed by atoms with Crippen LogP contribution < -0.4 is 0 Å². The zero-order valence-electron chi connectivity index (χ0n) is 8.79. The highest BCUT2D eigenvalue weighted by molar-refractivity contribution is 5.98. The molecule has 0 aliphatic carbocycles. The maximum atomic E-state index is 11.1. The molecule has 2 rings (SSSR count). The maximum absolute atomic E-state index is 11.1. The van der Waals surface area contributed by atoms with Crippen molar-refractivity contribution < 1.29 is 24.5 Å². The molecule has 1 unspecified atom stereocenters. The molecule has 0 spiro atoms. The van der Waals surface area contributed by atoms with E-state index in [0.717, 1.165) is 0 Å². The molecule has 1 heterocycles. The third-order valence-corrected chi connectivity index (χ3v) is 2.44. The van der Waals surface area contributed by atoms with Crippen LogP contribution in [-0.2, 0) is 14.3 Å². The molecule has 1 aliphatic rings. The number of aromatic hydroxyl groups is 1. The van der Waals surface area contributed by atoms with Crippen molar-refractivity contribution in [2.75, 3.05) is 0 Å². The van der Waals surface area contributed by atoms with Crippen molar-refractivity contribution in [2.45, 2.75) is 12.5 Å². The Balaban J connectivity index is 2.28. The second-order valence-electron chi connectivity index (χ2n) is 3.67. The van der Waals surface area contributed by atoms with Gasteiger partial charge in [0.2, 0.25) is 0 Å². The summed E-state index contributed by atoms with van der Waals surface area (Å²) in [6.07, 6.45) is 0.253. The Morgan fingerprint density at radius 1 is 1.29 bits per heavy atom. The van der Waals surface area contributed by atoms with Gasteiger partial charge in [0, 0.05) is 11.6 Å². The molecule has 0 saturated heterocycles. The van der Waals surface area contributed by atoms with Crippen LogP contribution >= 0.6 is 0 Å². The first-order valence-corrected chi connectivity index (χ1v) is 4.99. The number of hydrogen-bond acceptors (Lipinski definition) is 4. The minimum absolute atomic E-state index is 0.106. The number of carboxylic acids is 1. The summed E-state index contributed by atoms with van der Waals surface area (Å²) < 4.78 is 4.89. The standard InChI is InChI=1S/C12H10O5/c13-8-3-1-7(2-4-8)9-5-12(16)17-10(9)6-11(14)15/h1-5,10,13H,6H2,(H,14,15). The number of carbonyl (C=O) groups is 2. The van der Waals surface area contributed by atoms with Gasteiger partial charge in [-0.2, -0.15) is 0 Å². The normalized spacial score (nSPS) is 18.7. The Bertz CT molecular complexity index is 486. The van der Waals surface area contributed by atoms with Crippen LogP contribution in [0.25, 0.3) is 5.57 Å². The molecule has 2 N–H and O–H groups in total. The van der Waals surface area contributed by atoms with Gasteiger partial charge in [0.25, 0.3) is 0 Å². The fourth-order valence-electron chi connectivity index (χ4n) is 1.69. The van der Waals surface area contributed by atoms with Crippen LogP contribution in [0.5, 0.6) is 5.75 Å². The van der Waals surface area contributed by atoms with Crippen molar-refractivity contribution in [3.8, 4) is 5.75 Å². The zero-order valence-corrected chi connectivity index (χ0v) is 8.79. The van der Waals surface area contributed by atoms with Crippen LogP contribution in [0.2, 0.25) is 0 Å². The topological polar surface area (TPSA) is 83.8 Å². The summed E-state index contributed by atoms with van der Waals surface area (Å²) in [6, 6.07) is 6.16. The number of carbonyl (C=O) groups excluding carboxylic acids is 1. The number of carboxylic acid groups (broad SMARTS) is 1. The molecule has 1 aromatic rings. The first-order valence-electron chi connectivity index (χ1n) is 4.99. The van der Waals surface area contributed by atoms with Crippen LogP contribution in [0.15, 0.2) is 30.3 Å². The number of hydrogen-bond donors (Lipinski definition) is 2. The van der Waals surface area contributed by atoms with E-state index in [2.05, 4.69) is 0 Å². The summed E-state index contributed by atoms with van der Waals surface area (Å²) in [5.41, 5.74) is 1.19. The smallest absolute Gasteiger partial charge is 0.331 e. The number of phenols is 1. The highest BCUT2D eigenvalue weighted by Crippen LogP contribution is 2.29. The first-order chi connectivity index (χ1) is 8.06. The fourth-order valence-corrected chi connectivity index (χ4v) is 1.69. The number of rotatable bonds is 3. The average molecular weight is 234 g/mol. The molecule has 0 saturated carbocycles. The van der Waals surface area contributed by atoms with Gasteiger partial charge >= 0.3 is 11.9 Å². The number of esters is 1.